The molecule has 0 saturated heterocycles. The molecule has 0 bridgehead atoms. The van der Waals surface area contributed by atoms with Gasteiger partial charge in [-0.05, 0) is 69.8 Å². The first-order chi connectivity index (χ1) is 17.1. The maximum atomic E-state index is 3.69. The molecule has 2 heteroatoms. The average molecular weight is 468 g/mol. The maximum absolute atomic E-state index is 3.69. The second-order valence-electron chi connectivity index (χ2n) is 9.91. The van der Waals surface area contributed by atoms with Crippen molar-refractivity contribution in [2.45, 2.75) is 19.3 Å². The highest BCUT2D eigenvalue weighted by Crippen LogP contribution is 2.49. The third kappa shape index (κ3) is 3.14. The van der Waals surface area contributed by atoms with Crippen LogP contribution in [0.1, 0.15) is 25.0 Å². The molecular weight excluding hydrogens is 442 g/mol. The first-order valence-corrected chi connectivity index (χ1v) is 12.9. The number of anilines is 2. The van der Waals surface area contributed by atoms with Gasteiger partial charge in [-0.2, -0.15) is 0 Å². The normalized spacial score (nSPS) is 13.7. The van der Waals surface area contributed by atoms with Crippen molar-refractivity contribution in [3.05, 3.63) is 120 Å². The van der Waals surface area contributed by atoms with Gasteiger partial charge in [-0.1, -0.05) is 86.6 Å². The van der Waals surface area contributed by atoms with Crippen LogP contribution in [0.4, 0.5) is 11.4 Å². The Hall–Kier alpha value is -3.88. The Morgan fingerprint density at radius 2 is 1.29 bits per heavy atom. The SMILES string of the molecule is CC1(C)c2ccccc2-c2ccc(Nc3cccc(-c4cccc5sc6ccccc6c45)c3)cc21. The maximum Gasteiger partial charge on any atom is 0.0390 e. The highest BCUT2D eigenvalue weighted by Gasteiger charge is 2.35. The van der Waals surface area contributed by atoms with Crippen LogP contribution >= 0.6 is 11.3 Å². The van der Waals surface area contributed by atoms with E-state index in [9.17, 15) is 0 Å². The molecule has 5 aromatic carbocycles. The summed E-state index contributed by atoms with van der Waals surface area (Å²) < 4.78 is 2.67. The predicted molar refractivity (Wildman–Crippen MR) is 152 cm³/mol. The molecular formula is C33H25NS. The van der Waals surface area contributed by atoms with E-state index in [0.717, 1.165) is 11.4 Å². The summed E-state index contributed by atoms with van der Waals surface area (Å²) in [6.07, 6.45) is 0. The van der Waals surface area contributed by atoms with Crippen LogP contribution in [-0.2, 0) is 5.41 Å². The van der Waals surface area contributed by atoms with Gasteiger partial charge in [0.15, 0.2) is 0 Å². The fourth-order valence-corrected chi connectivity index (χ4v) is 6.86. The summed E-state index contributed by atoms with van der Waals surface area (Å²) in [4.78, 5) is 0. The molecule has 0 atom stereocenters. The van der Waals surface area contributed by atoms with Crippen molar-refractivity contribution in [3.8, 4) is 22.3 Å². The molecule has 1 aliphatic rings. The molecule has 1 aromatic heterocycles. The van der Waals surface area contributed by atoms with Crippen LogP contribution in [0.5, 0.6) is 0 Å². The second-order valence-corrected chi connectivity index (χ2v) is 11.0. The van der Waals surface area contributed by atoms with E-state index >= 15 is 0 Å². The topological polar surface area (TPSA) is 12.0 Å². The third-order valence-corrected chi connectivity index (χ3v) is 8.58. The first kappa shape index (κ1) is 20.5. The van der Waals surface area contributed by atoms with Crippen molar-refractivity contribution < 1.29 is 0 Å². The van der Waals surface area contributed by atoms with Crippen molar-refractivity contribution in [2.24, 2.45) is 0 Å². The van der Waals surface area contributed by atoms with Crippen LogP contribution < -0.4 is 5.32 Å². The Labute approximate surface area is 209 Å². The van der Waals surface area contributed by atoms with Gasteiger partial charge in [0, 0.05) is 37.0 Å². The molecule has 0 unspecified atom stereocenters. The van der Waals surface area contributed by atoms with Gasteiger partial charge in [0.2, 0.25) is 0 Å². The predicted octanol–water partition coefficient (Wildman–Crippen LogP) is 9.77. The second kappa shape index (κ2) is 7.56. The largest absolute Gasteiger partial charge is 0.356 e. The fourth-order valence-electron chi connectivity index (χ4n) is 5.73. The van der Waals surface area contributed by atoms with E-state index in [1.807, 2.05) is 11.3 Å². The van der Waals surface area contributed by atoms with E-state index in [1.165, 1.54) is 53.6 Å². The molecule has 1 N–H and O–H groups in total. The van der Waals surface area contributed by atoms with E-state index in [1.54, 1.807) is 0 Å². The quantitative estimate of drug-likeness (QED) is 0.273. The molecule has 6 aromatic rings. The molecule has 0 radical (unpaired) electrons. The van der Waals surface area contributed by atoms with Gasteiger partial charge in [-0.25, -0.2) is 0 Å². The Bertz CT molecular complexity index is 1750. The summed E-state index contributed by atoms with van der Waals surface area (Å²) in [7, 11) is 0. The van der Waals surface area contributed by atoms with Crippen LogP contribution in [0, 0.1) is 0 Å². The monoisotopic (exact) mass is 467 g/mol. The summed E-state index contributed by atoms with van der Waals surface area (Å²) in [5.41, 5.74) is 10.2. The van der Waals surface area contributed by atoms with E-state index in [2.05, 4.69) is 128 Å². The fraction of sp³-hybridized carbons (Fsp3) is 0.0909. The number of rotatable bonds is 3. The van der Waals surface area contributed by atoms with Crippen molar-refractivity contribution in [1.29, 1.82) is 0 Å². The van der Waals surface area contributed by atoms with Gasteiger partial charge in [-0.3, -0.25) is 0 Å². The lowest BCUT2D eigenvalue weighted by Crippen LogP contribution is -2.15. The molecule has 0 aliphatic heterocycles. The van der Waals surface area contributed by atoms with Crippen molar-refractivity contribution in [1.82, 2.24) is 0 Å². The minimum atomic E-state index is 0.00111. The van der Waals surface area contributed by atoms with Crippen molar-refractivity contribution >= 4 is 42.9 Å². The van der Waals surface area contributed by atoms with E-state index < -0.39 is 0 Å². The minimum absolute atomic E-state index is 0.00111. The minimum Gasteiger partial charge on any atom is -0.356 e. The molecule has 1 heterocycles. The summed E-state index contributed by atoms with van der Waals surface area (Å²) in [6.45, 7) is 4.65. The van der Waals surface area contributed by atoms with Crippen LogP contribution in [-0.4, -0.2) is 0 Å². The van der Waals surface area contributed by atoms with Gasteiger partial charge in [0.1, 0.15) is 0 Å². The van der Waals surface area contributed by atoms with E-state index in [4.69, 9.17) is 0 Å². The number of fused-ring (bicyclic) bond motifs is 6. The Balaban J connectivity index is 1.28. The summed E-state index contributed by atoms with van der Waals surface area (Å²) >= 11 is 1.87. The van der Waals surface area contributed by atoms with Gasteiger partial charge in [-0.15, -0.1) is 11.3 Å². The zero-order valence-electron chi connectivity index (χ0n) is 19.8. The molecule has 0 saturated carbocycles. The Morgan fingerprint density at radius 3 is 2.23 bits per heavy atom. The zero-order valence-corrected chi connectivity index (χ0v) is 20.6. The first-order valence-electron chi connectivity index (χ1n) is 12.1. The molecule has 1 nitrogen and oxygen atoms in total. The van der Waals surface area contributed by atoms with Crippen LogP contribution in [0.25, 0.3) is 42.4 Å². The zero-order chi connectivity index (χ0) is 23.6. The summed E-state index contributed by atoms with van der Waals surface area (Å²) in [5, 5.41) is 6.37. The van der Waals surface area contributed by atoms with Gasteiger partial charge in [0.05, 0.1) is 0 Å². The summed E-state index contributed by atoms with van der Waals surface area (Å²) in [5.74, 6) is 0. The third-order valence-electron chi connectivity index (χ3n) is 7.45. The highest BCUT2D eigenvalue weighted by molar-refractivity contribution is 7.25. The standard InChI is InChI=1S/C33H25NS/c1-33(2)28-14-5-3-11-25(28)26-18-17-23(20-29(26)33)34-22-10-7-9-21(19-22)24-13-8-16-31-32(24)27-12-4-6-15-30(27)35-31/h3-20,34H,1-2H3. The summed E-state index contributed by atoms with van der Waals surface area (Å²) in [6, 6.07) is 39.8. The van der Waals surface area contributed by atoms with E-state index in [0.29, 0.717) is 0 Å². The molecule has 0 amide bonds. The average Bonchev–Trinajstić information content (AvgIpc) is 3.37. The highest BCUT2D eigenvalue weighted by atomic mass is 32.1. The van der Waals surface area contributed by atoms with Crippen molar-refractivity contribution in [3.63, 3.8) is 0 Å². The lowest BCUT2D eigenvalue weighted by atomic mass is 9.82. The van der Waals surface area contributed by atoms with Gasteiger partial charge in [0.25, 0.3) is 0 Å². The Kier molecular flexibility index (Phi) is 4.43. The van der Waals surface area contributed by atoms with Crippen LogP contribution in [0.2, 0.25) is 0 Å². The van der Waals surface area contributed by atoms with E-state index in [-0.39, 0.29) is 5.41 Å². The number of hydrogen-bond acceptors (Lipinski definition) is 2. The molecule has 0 fully saturated rings. The lowest BCUT2D eigenvalue weighted by molar-refractivity contribution is 0.660. The van der Waals surface area contributed by atoms with Gasteiger partial charge >= 0.3 is 0 Å². The molecule has 7 rings (SSSR count). The molecule has 1 aliphatic carbocycles. The number of benzene rings is 5. The number of hydrogen-bond donors (Lipinski definition) is 1. The Morgan fingerprint density at radius 1 is 0.571 bits per heavy atom. The van der Waals surface area contributed by atoms with Gasteiger partial charge < -0.3 is 5.32 Å². The lowest BCUT2D eigenvalue weighted by Gasteiger charge is -2.22. The van der Waals surface area contributed by atoms with Crippen LogP contribution in [0.15, 0.2) is 109 Å². The molecule has 168 valence electrons. The molecule has 0 spiro atoms. The van der Waals surface area contributed by atoms with Crippen molar-refractivity contribution in [2.75, 3.05) is 5.32 Å². The number of nitrogens with one attached hydrogen (secondary N) is 1. The van der Waals surface area contributed by atoms with Crippen LogP contribution in [0.3, 0.4) is 0 Å². The molecule has 35 heavy (non-hydrogen) atoms. The number of thiophene rings is 1. The smallest absolute Gasteiger partial charge is 0.0390 e.